The van der Waals surface area contributed by atoms with E-state index in [1.807, 2.05) is 0 Å². The molecule has 0 aromatic carbocycles. The van der Waals surface area contributed by atoms with Crippen LogP contribution in [0.15, 0.2) is 0 Å². The molecule has 0 radical (unpaired) electrons. The number of carbonyl (C=O) groups excluding carboxylic acids is 1. The van der Waals surface area contributed by atoms with Gasteiger partial charge in [0.15, 0.2) is 0 Å². The van der Waals surface area contributed by atoms with E-state index >= 15 is 0 Å². The minimum Gasteiger partial charge on any atom is -0.463 e. The predicted octanol–water partition coefficient (Wildman–Crippen LogP) is 3.58. The Morgan fingerprint density at radius 2 is 1.55 bits per heavy atom. The molecule has 4 heteroatoms. The van der Waals surface area contributed by atoms with Crippen LogP contribution in [0.5, 0.6) is 0 Å². The van der Waals surface area contributed by atoms with E-state index in [4.69, 9.17) is 14.2 Å². The zero-order valence-electron chi connectivity index (χ0n) is 13.7. The molecular formula is C16H32O4. The van der Waals surface area contributed by atoms with Crippen molar-refractivity contribution in [2.24, 2.45) is 5.41 Å². The average Bonchev–Trinajstić information content (AvgIpc) is 2.36. The van der Waals surface area contributed by atoms with Gasteiger partial charge >= 0.3 is 5.97 Å². The van der Waals surface area contributed by atoms with Crippen LogP contribution in [-0.4, -0.2) is 39.0 Å². The van der Waals surface area contributed by atoms with Gasteiger partial charge < -0.3 is 14.2 Å². The molecule has 0 rings (SSSR count). The largest absolute Gasteiger partial charge is 0.463 e. The average molecular weight is 288 g/mol. The monoisotopic (exact) mass is 288 g/mol. The number of carbonyl (C=O) groups is 1. The van der Waals surface area contributed by atoms with Crippen molar-refractivity contribution in [3.63, 3.8) is 0 Å². The molecule has 0 bridgehead atoms. The number of esters is 1. The van der Waals surface area contributed by atoms with Crippen LogP contribution in [0, 0.1) is 5.41 Å². The third kappa shape index (κ3) is 15.4. The van der Waals surface area contributed by atoms with Crippen molar-refractivity contribution in [2.75, 3.05) is 33.0 Å². The van der Waals surface area contributed by atoms with E-state index in [-0.39, 0.29) is 11.4 Å². The van der Waals surface area contributed by atoms with E-state index < -0.39 is 0 Å². The summed E-state index contributed by atoms with van der Waals surface area (Å²) >= 11 is 0. The van der Waals surface area contributed by atoms with Gasteiger partial charge in [0.05, 0.1) is 26.4 Å². The molecular weight excluding hydrogens is 256 g/mol. The van der Waals surface area contributed by atoms with Crippen LogP contribution in [0.25, 0.3) is 0 Å². The highest BCUT2D eigenvalue weighted by Crippen LogP contribution is 2.12. The number of rotatable bonds is 12. The molecule has 0 aromatic rings. The number of ether oxygens (including phenoxy) is 3. The number of unbranched alkanes of at least 4 members (excludes halogenated alkanes) is 3. The minimum atomic E-state index is -0.117. The second kappa shape index (κ2) is 12.2. The Morgan fingerprint density at radius 3 is 2.20 bits per heavy atom. The zero-order chi connectivity index (χ0) is 15.3. The SMILES string of the molecule is CCCCCCC(=O)OCCOCCOCC(C)(C)C. The van der Waals surface area contributed by atoms with E-state index in [2.05, 4.69) is 27.7 Å². The maximum absolute atomic E-state index is 11.3. The van der Waals surface area contributed by atoms with Crippen LogP contribution in [0.4, 0.5) is 0 Å². The van der Waals surface area contributed by atoms with Crippen LogP contribution < -0.4 is 0 Å². The third-order valence-electron chi connectivity index (χ3n) is 2.63. The minimum absolute atomic E-state index is 0.117. The molecule has 0 aromatic heterocycles. The summed E-state index contributed by atoms with van der Waals surface area (Å²) in [6, 6.07) is 0. The van der Waals surface area contributed by atoms with E-state index in [0.29, 0.717) is 32.8 Å². The fourth-order valence-corrected chi connectivity index (χ4v) is 1.58. The Balaban J connectivity index is 3.21. The first-order chi connectivity index (χ1) is 9.45. The summed E-state index contributed by atoms with van der Waals surface area (Å²) in [5.41, 5.74) is 0.188. The molecule has 0 N–H and O–H groups in total. The standard InChI is InChI=1S/C16H32O4/c1-5-6-7-8-9-15(17)20-13-12-18-10-11-19-14-16(2,3)4/h5-14H2,1-4H3. The lowest BCUT2D eigenvalue weighted by atomic mass is 9.99. The highest BCUT2D eigenvalue weighted by atomic mass is 16.6. The number of hydrogen-bond acceptors (Lipinski definition) is 4. The van der Waals surface area contributed by atoms with Gasteiger partial charge in [0.2, 0.25) is 0 Å². The highest BCUT2D eigenvalue weighted by molar-refractivity contribution is 5.69. The predicted molar refractivity (Wildman–Crippen MR) is 80.8 cm³/mol. The van der Waals surface area contributed by atoms with Crippen molar-refractivity contribution < 1.29 is 19.0 Å². The molecule has 120 valence electrons. The second-order valence-corrected chi connectivity index (χ2v) is 6.26. The summed E-state index contributed by atoms with van der Waals surface area (Å²) in [5.74, 6) is -0.117. The summed E-state index contributed by atoms with van der Waals surface area (Å²) in [7, 11) is 0. The molecule has 0 unspecified atom stereocenters. The Labute approximate surface area is 124 Å². The lowest BCUT2D eigenvalue weighted by Crippen LogP contribution is -2.18. The van der Waals surface area contributed by atoms with Gasteiger partial charge in [-0.25, -0.2) is 0 Å². The topological polar surface area (TPSA) is 44.8 Å². The molecule has 0 saturated carbocycles. The van der Waals surface area contributed by atoms with Gasteiger partial charge in [-0.15, -0.1) is 0 Å². The molecule has 0 amide bonds. The molecule has 0 heterocycles. The normalized spacial score (nSPS) is 11.6. The van der Waals surface area contributed by atoms with Gasteiger partial charge in [-0.05, 0) is 11.8 Å². The lowest BCUT2D eigenvalue weighted by Gasteiger charge is -2.17. The molecule has 0 aliphatic carbocycles. The van der Waals surface area contributed by atoms with Crippen LogP contribution in [0.1, 0.15) is 59.8 Å². The van der Waals surface area contributed by atoms with Crippen LogP contribution >= 0.6 is 0 Å². The Kier molecular flexibility index (Phi) is 11.8. The van der Waals surface area contributed by atoms with Gasteiger partial charge in [-0.3, -0.25) is 4.79 Å². The van der Waals surface area contributed by atoms with Crippen molar-refractivity contribution in [2.45, 2.75) is 59.8 Å². The van der Waals surface area contributed by atoms with Crippen LogP contribution in [0.2, 0.25) is 0 Å². The fraction of sp³-hybridized carbons (Fsp3) is 0.938. The molecule has 4 nitrogen and oxygen atoms in total. The van der Waals surface area contributed by atoms with Gasteiger partial charge in [0, 0.05) is 6.42 Å². The molecule has 0 aliphatic rings. The summed E-state index contributed by atoms with van der Waals surface area (Å²) < 4.78 is 15.9. The maximum Gasteiger partial charge on any atom is 0.305 e. The van der Waals surface area contributed by atoms with Gasteiger partial charge in [-0.2, -0.15) is 0 Å². The van der Waals surface area contributed by atoms with E-state index in [1.54, 1.807) is 0 Å². The summed E-state index contributed by atoms with van der Waals surface area (Å²) in [4.78, 5) is 11.3. The first-order valence-electron chi connectivity index (χ1n) is 7.77. The zero-order valence-corrected chi connectivity index (χ0v) is 13.7. The molecule has 0 saturated heterocycles. The van der Waals surface area contributed by atoms with Gasteiger partial charge in [0.25, 0.3) is 0 Å². The van der Waals surface area contributed by atoms with Crippen molar-refractivity contribution in [3.05, 3.63) is 0 Å². The summed E-state index contributed by atoms with van der Waals surface area (Å²) in [6.45, 7) is 11.2. The van der Waals surface area contributed by atoms with Crippen molar-refractivity contribution >= 4 is 5.97 Å². The summed E-state index contributed by atoms with van der Waals surface area (Å²) in [5, 5.41) is 0. The Morgan fingerprint density at radius 1 is 0.900 bits per heavy atom. The maximum atomic E-state index is 11.3. The molecule has 20 heavy (non-hydrogen) atoms. The van der Waals surface area contributed by atoms with Crippen LogP contribution in [0.3, 0.4) is 0 Å². The molecule has 0 aliphatic heterocycles. The van der Waals surface area contributed by atoms with Crippen LogP contribution in [-0.2, 0) is 19.0 Å². The highest BCUT2D eigenvalue weighted by Gasteiger charge is 2.09. The van der Waals surface area contributed by atoms with Crippen molar-refractivity contribution in [1.29, 1.82) is 0 Å². The Hall–Kier alpha value is -0.610. The molecule has 0 atom stereocenters. The quantitative estimate of drug-likeness (QED) is 0.407. The molecule has 0 fully saturated rings. The van der Waals surface area contributed by atoms with Crippen molar-refractivity contribution in [3.8, 4) is 0 Å². The number of hydrogen-bond donors (Lipinski definition) is 0. The lowest BCUT2D eigenvalue weighted by molar-refractivity contribution is -0.145. The van der Waals surface area contributed by atoms with E-state index in [9.17, 15) is 4.79 Å². The summed E-state index contributed by atoms with van der Waals surface area (Å²) in [6.07, 6.45) is 4.92. The van der Waals surface area contributed by atoms with Gasteiger partial charge in [-0.1, -0.05) is 47.0 Å². The molecule has 0 spiro atoms. The third-order valence-corrected chi connectivity index (χ3v) is 2.63. The Bertz CT molecular complexity index is 233. The van der Waals surface area contributed by atoms with Crippen molar-refractivity contribution in [1.82, 2.24) is 0 Å². The first kappa shape index (κ1) is 19.4. The first-order valence-corrected chi connectivity index (χ1v) is 7.77. The van der Waals surface area contributed by atoms with E-state index in [1.165, 1.54) is 12.8 Å². The van der Waals surface area contributed by atoms with E-state index in [0.717, 1.165) is 19.4 Å². The van der Waals surface area contributed by atoms with Gasteiger partial charge in [0.1, 0.15) is 6.61 Å². The smallest absolute Gasteiger partial charge is 0.305 e. The fourth-order valence-electron chi connectivity index (χ4n) is 1.58. The second-order valence-electron chi connectivity index (χ2n) is 6.26.